The first-order valence-electron chi connectivity index (χ1n) is 6.52. The number of hydrogen-bond donors (Lipinski definition) is 1. The van der Waals surface area contributed by atoms with E-state index in [9.17, 15) is 4.79 Å². The third kappa shape index (κ3) is 2.23. The van der Waals surface area contributed by atoms with Crippen LogP contribution in [0.15, 0.2) is 24.4 Å². The van der Waals surface area contributed by atoms with Gasteiger partial charge in [-0.25, -0.2) is 0 Å². The molecule has 1 N–H and O–H groups in total. The van der Waals surface area contributed by atoms with Crippen LogP contribution < -0.4 is 0 Å². The molecule has 0 spiro atoms. The molecule has 1 fully saturated rings. The molecule has 1 aromatic carbocycles. The number of carbonyl (C=O) groups excluding carboxylic acids is 1. The summed E-state index contributed by atoms with van der Waals surface area (Å²) in [6.45, 7) is 5.15. The summed E-state index contributed by atoms with van der Waals surface area (Å²) >= 11 is 1.94. The summed E-state index contributed by atoms with van der Waals surface area (Å²) in [6, 6.07) is 6.01. The van der Waals surface area contributed by atoms with Crippen LogP contribution in [0.2, 0.25) is 0 Å². The fraction of sp³-hybridized carbons (Fsp3) is 0.429. The van der Waals surface area contributed by atoms with Gasteiger partial charge in [-0.1, -0.05) is 13.0 Å². The van der Waals surface area contributed by atoms with Gasteiger partial charge in [0.15, 0.2) is 0 Å². The number of hydrogen-bond acceptors (Lipinski definition) is 3. The third-order valence-corrected chi connectivity index (χ3v) is 5.17. The fourth-order valence-corrected chi connectivity index (χ4v) is 3.55. The van der Waals surface area contributed by atoms with E-state index in [0.29, 0.717) is 5.25 Å². The number of rotatable bonds is 1. The van der Waals surface area contributed by atoms with Gasteiger partial charge in [0.05, 0.1) is 11.7 Å². The molecule has 0 saturated carbocycles. The van der Waals surface area contributed by atoms with Gasteiger partial charge in [0.2, 0.25) is 0 Å². The van der Waals surface area contributed by atoms with Gasteiger partial charge in [0.25, 0.3) is 5.91 Å². The number of nitrogens with one attached hydrogen (secondary N) is 1. The highest BCUT2D eigenvalue weighted by molar-refractivity contribution is 8.00. The van der Waals surface area contributed by atoms with Crippen molar-refractivity contribution in [3.8, 4) is 0 Å². The predicted octanol–water partition coefficient (Wildman–Crippen LogP) is 2.53. The Labute approximate surface area is 116 Å². The van der Waals surface area contributed by atoms with Crippen LogP contribution in [0.3, 0.4) is 0 Å². The van der Waals surface area contributed by atoms with Gasteiger partial charge in [0, 0.05) is 34.5 Å². The Morgan fingerprint density at radius 3 is 3.16 bits per heavy atom. The van der Waals surface area contributed by atoms with Crippen molar-refractivity contribution in [2.45, 2.75) is 25.1 Å². The molecule has 19 heavy (non-hydrogen) atoms. The molecule has 3 rings (SSSR count). The first kappa shape index (κ1) is 12.5. The van der Waals surface area contributed by atoms with Crippen molar-refractivity contribution < 1.29 is 4.79 Å². The Balaban J connectivity index is 1.90. The van der Waals surface area contributed by atoms with Crippen molar-refractivity contribution in [3.05, 3.63) is 30.0 Å². The maximum Gasteiger partial charge on any atom is 0.254 e. The number of aromatic nitrogens is 2. The van der Waals surface area contributed by atoms with Crippen LogP contribution in [-0.2, 0) is 0 Å². The molecule has 1 aliphatic heterocycles. The first-order chi connectivity index (χ1) is 9.16. The third-order valence-electron chi connectivity index (χ3n) is 3.83. The summed E-state index contributed by atoms with van der Waals surface area (Å²) in [5.41, 5.74) is 1.65. The van der Waals surface area contributed by atoms with Gasteiger partial charge < -0.3 is 4.90 Å². The van der Waals surface area contributed by atoms with Gasteiger partial charge in [-0.2, -0.15) is 16.9 Å². The molecule has 2 aromatic rings. The second-order valence-corrected chi connectivity index (χ2v) is 6.47. The highest BCUT2D eigenvalue weighted by Gasteiger charge is 2.29. The van der Waals surface area contributed by atoms with E-state index < -0.39 is 0 Å². The van der Waals surface area contributed by atoms with Crippen molar-refractivity contribution in [3.63, 3.8) is 0 Å². The molecular formula is C14H17N3OS. The highest BCUT2D eigenvalue weighted by Crippen LogP contribution is 2.26. The van der Waals surface area contributed by atoms with Gasteiger partial charge in [-0.3, -0.25) is 9.89 Å². The zero-order valence-corrected chi connectivity index (χ0v) is 11.9. The lowest BCUT2D eigenvalue weighted by molar-refractivity contribution is 0.0698. The molecule has 1 saturated heterocycles. The largest absolute Gasteiger partial charge is 0.334 e. The monoisotopic (exact) mass is 275 g/mol. The van der Waals surface area contributed by atoms with Crippen molar-refractivity contribution in [2.75, 3.05) is 12.3 Å². The zero-order chi connectivity index (χ0) is 13.4. The summed E-state index contributed by atoms with van der Waals surface area (Å²) in [6.07, 6.45) is 1.77. The van der Waals surface area contributed by atoms with Gasteiger partial charge in [0.1, 0.15) is 0 Å². The van der Waals surface area contributed by atoms with Crippen LogP contribution in [0.5, 0.6) is 0 Å². The Bertz CT molecular complexity index is 610. The number of carbonyl (C=O) groups is 1. The number of nitrogens with zero attached hydrogens (tertiary/aromatic N) is 2. The minimum absolute atomic E-state index is 0.121. The molecule has 4 nitrogen and oxygen atoms in total. The lowest BCUT2D eigenvalue weighted by Crippen LogP contribution is -2.47. The molecule has 1 amide bonds. The Morgan fingerprint density at radius 2 is 2.32 bits per heavy atom. The Morgan fingerprint density at radius 1 is 1.47 bits per heavy atom. The van der Waals surface area contributed by atoms with E-state index in [2.05, 4.69) is 24.0 Å². The number of aromatic amines is 1. The minimum atomic E-state index is 0.121. The smallest absolute Gasteiger partial charge is 0.254 e. The average Bonchev–Trinajstić information content (AvgIpc) is 2.88. The molecule has 5 heteroatoms. The molecule has 1 aromatic heterocycles. The minimum Gasteiger partial charge on any atom is -0.334 e. The number of amides is 1. The Kier molecular flexibility index (Phi) is 3.22. The van der Waals surface area contributed by atoms with E-state index in [1.54, 1.807) is 6.20 Å². The lowest BCUT2D eigenvalue weighted by Gasteiger charge is -2.37. The van der Waals surface area contributed by atoms with Crippen molar-refractivity contribution in [1.82, 2.24) is 15.1 Å². The quantitative estimate of drug-likeness (QED) is 0.870. The molecule has 2 unspecified atom stereocenters. The summed E-state index contributed by atoms with van der Waals surface area (Å²) in [7, 11) is 0. The molecule has 0 radical (unpaired) electrons. The molecule has 2 atom stereocenters. The number of benzene rings is 1. The van der Waals surface area contributed by atoms with Crippen LogP contribution in [0.25, 0.3) is 10.9 Å². The summed E-state index contributed by atoms with van der Waals surface area (Å²) in [5.74, 6) is 1.14. The van der Waals surface area contributed by atoms with Crippen LogP contribution in [0.4, 0.5) is 0 Å². The van der Waals surface area contributed by atoms with E-state index in [0.717, 1.165) is 28.8 Å². The SMILES string of the molecule is CC1SCCN(C(=O)c2ccc3cn[nH]c3c2)C1C. The van der Waals surface area contributed by atoms with Gasteiger partial charge >= 0.3 is 0 Å². The van der Waals surface area contributed by atoms with E-state index >= 15 is 0 Å². The first-order valence-corrected chi connectivity index (χ1v) is 7.57. The molecule has 100 valence electrons. The van der Waals surface area contributed by atoms with E-state index in [-0.39, 0.29) is 11.9 Å². The zero-order valence-electron chi connectivity index (χ0n) is 11.1. The van der Waals surface area contributed by atoms with Crippen molar-refractivity contribution in [1.29, 1.82) is 0 Å². The number of fused-ring (bicyclic) bond motifs is 1. The standard InChI is InChI=1S/C14H17N3OS/c1-9-10(2)19-6-5-17(9)14(18)11-3-4-12-8-15-16-13(12)7-11/h3-4,7-10H,5-6H2,1-2H3,(H,15,16). The van der Waals surface area contributed by atoms with E-state index in [1.807, 2.05) is 34.9 Å². The van der Waals surface area contributed by atoms with Crippen LogP contribution >= 0.6 is 11.8 Å². The van der Waals surface area contributed by atoms with E-state index in [1.165, 1.54) is 0 Å². The normalized spacial score (nSPS) is 23.8. The van der Waals surface area contributed by atoms with Crippen molar-refractivity contribution in [2.24, 2.45) is 0 Å². The van der Waals surface area contributed by atoms with Gasteiger partial charge in [-0.15, -0.1) is 0 Å². The molecule has 0 aliphatic carbocycles. The lowest BCUT2D eigenvalue weighted by atomic mass is 10.1. The Hall–Kier alpha value is -1.49. The summed E-state index contributed by atoms with van der Waals surface area (Å²) in [4.78, 5) is 14.6. The van der Waals surface area contributed by atoms with E-state index in [4.69, 9.17) is 0 Å². The maximum absolute atomic E-state index is 12.6. The molecular weight excluding hydrogens is 258 g/mol. The predicted molar refractivity (Wildman–Crippen MR) is 78.5 cm³/mol. The van der Waals surface area contributed by atoms with Crippen LogP contribution in [0, 0.1) is 0 Å². The number of H-pyrrole nitrogens is 1. The van der Waals surface area contributed by atoms with Crippen LogP contribution in [0.1, 0.15) is 24.2 Å². The maximum atomic E-state index is 12.6. The molecule has 2 heterocycles. The summed E-state index contributed by atoms with van der Waals surface area (Å²) < 4.78 is 0. The average molecular weight is 275 g/mol. The molecule has 1 aliphatic rings. The number of thioether (sulfide) groups is 1. The van der Waals surface area contributed by atoms with Crippen molar-refractivity contribution >= 4 is 28.6 Å². The van der Waals surface area contributed by atoms with Crippen LogP contribution in [-0.4, -0.2) is 44.6 Å². The topological polar surface area (TPSA) is 49.0 Å². The second kappa shape index (κ2) is 4.89. The fourth-order valence-electron chi connectivity index (χ4n) is 2.46. The highest BCUT2D eigenvalue weighted by atomic mass is 32.2. The van der Waals surface area contributed by atoms with Gasteiger partial charge in [-0.05, 0) is 19.1 Å². The molecule has 0 bridgehead atoms. The summed E-state index contributed by atoms with van der Waals surface area (Å²) in [5, 5.41) is 8.43. The second-order valence-electron chi connectivity index (χ2n) is 4.99.